The minimum atomic E-state index is -3.20. The third-order valence-corrected chi connectivity index (χ3v) is 4.23. The molecule has 0 spiro atoms. The van der Waals surface area contributed by atoms with E-state index in [4.69, 9.17) is 5.73 Å². The SMILES string of the molecule is CC(C)(C)c1ccc(S(=O)(=O)CCN)cc1.Cl. The maximum Gasteiger partial charge on any atom is 0.179 e. The first-order chi connectivity index (χ1) is 7.27. The lowest BCUT2D eigenvalue weighted by Crippen LogP contribution is -2.16. The van der Waals surface area contributed by atoms with Gasteiger partial charge in [0.2, 0.25) is 0 Å². The molecule has 5 heteroatoms. The fourth-order valence-electron chi connectivity index (χ4n) is 1.44. The molecule has 1 rings (SSSR count). The van der Waals surface area contributed by atoms with E-state index in [1.165, 1.54) is 0 Å². The fraction of sp³-hybridized carbons (Fsp3) is 0.500. The van der Waals surface area contributed by atoms with E-state index in [1.54, 1.807) is 12.1 Å². The molecule has 2 N–H and O–H groups in total. The van der Waals surface area contributed by atoms with Gasteiger partial charge in [-0.25, -0.2) is 8.42 Å². The number of benzene rings is 1. The Balaban J connectivity index is 0.00000256. The van der Waals surface area contributed by atoms with Crippen LogP contribution >= 0.6 is 12.4 Å². The van der Waals surface area contributed by atoms with Crippen LogP contribution in [0.1, 0.15) is 26.3 Å². The van der Waals surface area contributed by atoms with E-state index in [1.807, 2.05) is 12.1 Å². The smallest absolute Gasteiger partial charge is 0.179 e. The Kier molecular flexibility index (Phi) is 5.65. The highest BCUT2D eigenvalue weighted by atomic mass is 35.5. The van der Waals surface area contributed by atoms with Crippen molar-refractivity contribution in [3.8, 4) is 0 Å². The molecule has 0 unspecified atom stereocenters. The van der Waals surface area contributed by atoms with Gasteiger partial charge in [-0.15, -0.1) is 12.4 Å². The highest BCUT2D eigenvalue weighted by Crippen LogP contribution is 2.23. The summed E-state index contributed by atoms with van der Waals surface area (Å²) in [5, 5.41) is 0. The number of halogens is 1. The number of rotatable bonds is 3. The van der Waals surface area contributed by atoms with E-state index in [-0.39, 0.29) is 30.1 Å². The molecule has 1 aromatic rings. The topological polar surface area (TPSA) is 60.2 Å². The van der Waals surface area contributed by atoms with Crippen molar-refractivity contribution < 1.29 is 8.42 Å². The molecule has 3 nitrogen and oxygen atoms in total. The van der Waals surface area contributed by atoms with Crippen LogP contribution in [0.4, 0.5) is 0 Å². The van der Waals surface area contributed by atoms with Gasteiger partial charge in [0.05, 0.1) is 10.6 Å². The van der Waals surface area contributed by atoms with E-state index < -0.39 is 9.84 Å². The maximum atomic E-state index is 11.7. The van der Waals surface area contributed by atoms with Gasteiger partial charge < -0.3 is 5.73 Å². The summed E-state index contributed by atoms with van der Waals surface area (Å²) < 4.78 is 23.4. The molecule has 0 aliphatic rings. The summed E-state index contributed by atoms with van der Waals surface area (Å²) in [6.07, 6.45) is 0. The minimum Gasteiger partial charge on any atom is -0.329 e. The third kappa shape index (κ3) is 4.30. The van der Waals surface area contributed by atoms with Crippen LogP contribution < -0.4 is 5.73 Å². The van der Waals surface area contributed by atoms with Crippen LogP contribution in [0.25, 0.3) is 0 Å². The molecule has 98 valence electrons. The lowest BCUT2D eigenvalue weighted by Gasteiger charge is -2.19. The summed E-state index contributed by atoms with van der Waals surface area (Å²) in [7, 11) is -3.20. The van der Waals surface area contributed by atoms with Crippen LogP contribution in [-0.2, 0) is 15.3 Å². The Morgan fingerprint density at radius 1 is 1.12 bits per heavy atom. The van der Waals surface area contributed by atoms with E-state index in [9.17, 15) is 8.42 Å². The molecule has 1 aromatic carbocycles. The first-order valence-corrected chi connectivity index (χ1v) is 6.96. The fourth-order valence-corrected chi connectivity index (χ4v) is 2.53. The average molecular weight is 278 g/mol. The average Bonchev–Trinajstić information content (AvgIpc) is 2.16. The number of hydrogen-bond acceptors (Lipinski definition) is 3. The molecule has 0 heterocycles. The molecular weight excluding hydrogens is 258 g/mol. The molecule has 0 bridgehead atoms. The lowest BCUT2D eigenvalue weighted by atomic mass is 9.87. The monoisotopic (exact) mass is 277 g/mol. The van der Waals surface area contributed by atoms with Crippen molar-refractivity contribution in [1.82, 2.24) is 0 Å². The van der Waals surface area contributed by atoms with Crippen molar-refractivity contribution in [1.29, 1.82) is 0 Å². The molecule has 0 aliphatic carbocycles. The van der Waals surface area contributed by atoms with Crippen molar-refractivity contribution in [3.05, 3.63) is 29.8 Å². The molecule has 0 fully saturated rings. The van der Waals surface area contributed by atoms with Crippen LogP contribution in [0.5, 0.6) is 0 Å². The normalized spacial score (nSPS) is 12.0. The Morgan fingerprint density at radius 2 is 1.59 bits per heavy atom. The molecule has 0 atom stereocenters. The molecule has 0 saturated heterocycles. The second-order valence-electron chi connectivity index (χ2n) is 4.88. The molecule has 0 radical (unpaired) electrons. The maximum absolute atomic E-state index is 11.7. The van der Waals surface area contributed by atoms with Crippen LogP contribution in [0.3, 0.4) is 0 Å². The van der Waals surface area contributed by atoms with Gasteiger partial charge in [-0.1, -0.05) is 32.9 Å². The molecule has 0 saturated carbocycles. The van der Waals surface area contributed by atoms with Crippen LogP contribution in [0, 0.1) is 0 Å². The Hall–Kier alpha value is -0.580. The Morgan fingerprint density at radius 3 is 1.94 bits per heavy atom. The summed E-state index contributed by atoms with van der Waals surface area (Å²) in [5.74, 6) is 0.00185. The van der Waals surface area contributed by atoms with Gasteiger partial charge >= 0.3 is 0 Å². The van der Waals surface area contributed by atoms with Gasteiger partial charge in [0, 0.05) is 6.54 Å². The predicted octanol–water partition coefficient (Wildman–Crippen LogP) is 2.14. The van der Waals surface area contributed by atoms with Crippen LogP contribution in [-0.4, -0.2) is 20.7 Å². The minimum absolute atomic E-state index is 0. The summed E-state index contributed by atoms with van der Waals surface area (Å²) in [6.45, 7) is 6.44. The summed E-state index contributed by atoms with van der Waals surface area (Å²) in [5.41, 5.74) is 6.43. The molecule has 0 aromatic heterocycles. The van der Waals surface area contributed by atoms with Crippen molar-refractivity contribution >= 4 is 22.2 Å². The van der Waals surface area contributed by atoms with Crippen molar-refractivity contribution in [2.24, 2.45) is 5.73 Å². The van der Waals surface area contributed by atoms with Gasteiger partial charge in [0.15, 0.2) is 9.84 Å². The number of sulfone groups is 1. The van der Waals surface area contributed by atoms with Crippen LogP contribution in [0.2, 0.25) is 0 Å². The van der Waals surface area contributed by atoms with Gasteiger partial charge in [-0.2, -0.15) is 0 Å². The van der Waals surface area contributed by atoms with Gasteiger partial charge in [0.25, 0.3) is 0 Å². The van der Waals surface area contributed by atoms with E-state index in [0.717, 1.165) is 5.56 Å². The zero-order valence-electron chi connectivity index (χ0n) is 10.4. The summed E-state index contributed by atoms with van der Waals surface area (Å²) >= 11 is 0. The lowest BCUT2D eigenvalue weighted by molar-refractivity contribution is 0.586. The first-order valence-electron chi connectivity index (χ1n) is 5.31. The quantitative estimate of drug-likeness (QED) is 0.921. The van der Waals surface area contributed by atoms with Gasteiger partial charge in [0.1, 0.15) is 0 Å². The molecule has 17 heavy (non-hydrogen) atoms. The second kappa shape index (κ2) is 5.85. The van der Waals surface area contributed by atoms with Gasteiger partial charge in [-0.05, 0) is 23.1 Å². The van der Waals surface area contributed by atoms with Crippen LogP contribution in [0.15, 0.2) is 29.2 Å². The Labute approximate surface area is 110 Å². The summed E-state index contributed by atoms with van der Waals surface area (Å²) in [6, 6.07) is 7.05. The van der Waals surface area contributed by atoms with Crippen molar-refractivity contribution in [3.63, 3.8) is 0 Å². The third-order valence-electron chi connectivity index (χ3n) is 2.47. The van der Waals surface area contributed by atoms with Gasteiger partial charge in [-0.3, -0.25) is 0 Å². The Bertz CT molecular complexity index is 446. The van der Waals surface area contributed by atoms with E-state index >= 15 is 0 Å². The molecular formula is C12H20ClNO2S. The highest BCUT2D eigenvalue weighted by Gasteiger charge is 2.16. The van der Waals surface area contributed by atoms with Crippen molar-refractivity contribution in [2.45, 2.75) is 31.1 Å². The molecule has 0 aliphatic heterocycles. The zero-order valence-corrected chi connectivity index (χ0v) is 12.1. The second-order valence-corrected chi connectivity index (χ2v) is 6.99. The standard InChI is InChI=1S/C12H19NO2S.ClH/c1-12(2,3)10-4-6-11(7-5-10)16(14,15)9-8-13;/h4-7H,8-9,13H2,1-3H3;1H. The predicted molar refractivity (Wildman–Crippen MR) is 73.5 cm³/mol. The summed E-state index contributed by atoms with van der Waals surface area (Å²) in [4.78, 5) is 0.353. The largest absolute Gasteiger partial charge is 0.329 e. The van der Waals surface area contributed by atoms with E-state index in [2.05, 4.69) is 20.8 Å². The van der Waals surface area contributed by atoms with E-state index in [0.29, 0.717) is 4.90 Å². The first kappa shape index (κ1) is 16.4. The molecule has 0 amide bonds. The van der Waals surface area contributed by atoms with Crippen molar-refractivity contribution in [2.75, 3.05) is 12.3 Å². The highest BCUT2D eigenvalue weighted by molar-refractivity contribution is 7.91. The number of hydrogen-bond donors (Lipinski definition) is 1. The zero-order chi connectivity index (χ0) is 12.4. The number of nitrogens with two attached hydrogens (primary N) is 1.